The van der Waals surface area contributed by atoms with Crippen LogP contribution >= 0.6 is 22.9 Å². The summed E-state index contributed by atoms with van der Waals surface area (Å²) in [5, 5.41) is 13.7. The Hall–Kier alpha value is -3.29. The maximum absolute atomic E-state index is 12.4. The SMILES string of the molecule is CCc1cc2c(s1)-n1c(C)nnc1C(CCCCC(=O)Nc1ccccc1)N=C2c1ccc(Cl)cc1. The van der Waals surface area contributed by atoms with Crippen LogP contribution in [-0.4, -0.2) is 26.4 Å². The van der Waals surface area contributed by atoms with Crippen LogP contribution in [-0.2, 0) is 11.2 Å². The first-order valence-electron chi connectivity index (χ1n) is 12.3. The van der Waals surface area contributed by atoms with Crippen molar-refractivity contribution in [3.63, 3.8) is 0 Å². The van der Waals surface area contributed by atoms with Crippen molar-refractivity contribution in [3.8, 4) is 5.00 Å². The molecule has 0 aliphatic carbocycles. The van der Waals surface area contributed by atoms with Crippen LogP contribution in [0.25, 0.3) is 5.00 Å². The van der Waals surface area contributed by atoms with Gasteiger partial charge in [0.1, 0.15) is 16.9 Å². The number of thiophene rings is 1. The van der Waals surface area contributed by atoms with E-state index in [0.717, 1.165) is 64.9 Å². The van der Waals surface area contributed by atoms with E-state index in [1.807, 2.05) is 61.5 Å². The summed E-state index contributed by atoms with van der Waals surface area (Å²) < 4.78 is 2.17. The summed E-state index contributed by atoms with van der Waals surface area (Å²) in [6.45, 7) is 4.16. The average Bonchev–Trinajstić information content (AvgIpc) is 3.45. The molecule has 0 spiro atoms. The lowest BCUT2D eigenvalue weighted by molar-refractivity contribution is -0.116. The van der Waals surface area contributed by atoms with Crippen LogP contribution in [0.2, 0.25) is 5.02 Å². The molecule has 0 bridgehead atoms. The van der Waals surface area contributed by atoms with Gasteiger partial charge in [-0.15, -0.1) is 21.5 Å². The molecule has 0 saturated heterocycles. The fourth-order valence-corrected chi connectivity index (χ4v) is 5.75. The molecule has 1 aliphatic heterocycles. The lowest BCUT2D eigenvalue weighted by atomic mass is 10.0. The highest BCUT2D eigenvalue weighted by atomic mass is 35.5. The number of para-hydroxylation sites is 1. The van der Waals surface area contributed by atoms with Gasteiger partial charge in [0.05, 0.1) is 5.71 Å². The van der Waals surface area contributed by atoms with Crippen molar-refractivity contribution in [2.75, 3.05) is 5.32 Å². The Labute approximate surface area is 220 Å². The number of hydrogen-bond donors (Lipinski definition) is 1. The van der Waals surface area contributed by atoms with E-state index in [0.29, 0.717) is 11.4 Å². The standard InChI is InChI=1S/C28H28ClN5OS/c1-3-22-17-23-26(19-13-15-20(29)16-14-19)31-24(27-33-32-18(2)34(27)28(23)36-22)11-7-8-12-25(35)30-21-9-5-4-6-10-21/h4-6,9-10,13-17,24H,3,7-8,11-12H2,1-2H3,(H,30,35). The number of carbonyl (C=O) groups is 1. The summed E-state index contributed by atoms with van der Waals surface area (Å²) in [6, 6.07) is 19.5. The smallest absolute Gasteiger partial charge is 0.224 e. The summed E-state index contributed by atoms with van der Waals surface area (Å²) in [7, 11) is 0. The molecule has 1 amide bonds. The van der Waals surface area contributed by atoms with Crippen LogP contribution < -0.4 is 5.32 Å². The van der Waals surface area contributed by atoms with Gasteiger partial charge in [-0.2, -0.15) is 0 Å². The highest BCUT2D eigenvalue weighted by molar-refractivity contribution is 7.15. The summed E-state index contributed by atoms with van der Waals surface area (Å²) in [5.74, 6) is 1.74. The number of nitrogens with one attached hydrogen (secondary N) is 1. The molecule has 4 aromatic rings. The second-order valence-electron chi connectivity index (χ2n) is 8.89. The molecule has 36 heavy (non-hydrogen) atoms. The minimum atomic E-state index is -0.154. The molecule has 0 saturated carbocycles. The van der Waals surface area contributed by atoms with E-state index in [1.54, 1.807) is 11.3 Å². The molecule has 5 rings (SSSR count). The van der Waals surface area contributed by atoms with Crippen molar-refractivity contribution < 1.29 is 4.79 Å². The van der Waals surface area contributed by atoms with E-state index >= 15 is 0 Å². The Morgan fingerprint density at radius 1 is 1.08 bits per heavy atom. The quantitative estimate of drug-likeness (QED) is 0.257. The van der Waals surface area contributed by atoms with Crippen molar-refractivity contribution in [1.29, 1.82) is 0 Å². The third-order valence-corrected chi connectivity index (χ3v) is 7.83. The zero-order valence-electron chi connectivity index (χ0n) is 20.4. The van der Waals surface area contributed by atoms with Gasteiger partial charge in [-0.05, 0) is 56.5 Å². The van der Waals surface area contributed by atoms with Crippen LogP contribution in [0.15, 0.2) is 65.7 Å². The molecule has 8 heteroatoms. The van der Waals surface area contributed by atoms with Gasteiger partial charge in [0.25, 0.3) is 0 Å². The molecule has 1 unspecified atom stereocenters. The lowest BCUT2D eigenvalue weighted by Gasteiger charge is -2.13. The van der Waals surface area contributed by atoms with Gasteiger partial charge < -0.3 is 5.32 Å². The van der Waals surface area contributed by atoms with Gasteiger partial charge in [0.2, 0.25) is 5.91 Å². The Kier molecular flexibility index (Phi) is 7.30. The van der Waals surface area contributed by atoms with Crippen molar-refractivity contribution in [2.24, 2.45) is 4.99 Å². The second kappa shape index (κ2) is 10.8. The van der Waals surface area contributed by atoms with E-state index < -0.39 is 0 Å². The van der Waals surface area contributed by atoms with Crippen molar-refractivity contribution in [3.05, 3.63) is 93.3 Å². The number of unbranched alkanes of at least 4 members (excludes halogenated alkanes) is 1. The summed E-state index contributed by atoms with van der Waals surface area (Å²) in [6.07, 6.45) is 3.83. The normalized spacial score (nSPS) is 14.5. The number of halogens is 1. The molecule has 2 aromatic heterocycles. The van der Waals surface area contributed by atoms with E-state index in [9.17, 15) is 4.79 Å². The number of carbonyl (C=O) groups excluding carboxylic acids is 1. The summed E-state index contributed by atoms with van der Waals surface area (Å²) in [4.78, 5) is 18.9. The Morgan fingerprint density at radius 3 is 2.61 bits per heavy atom. The Morgan fingerprint density at radius 2 is 1.86 bits per heavy atom. The largest absolute Gasteiger partial charge is 0.326 e. The molecule has 2 aromatic carbocycles. The maximum Gasteiger partial charge on any atom is 0.224 e. The van der Waals surface area contributed by atoms with Gasteiger partial charge in [0.15, 0.2) is 5.82 Å². The van der Waals surface area contributed by atoms with Crippen LogP contribution in [0, 0.1) is 6.92 Å². The van der Waals surface area contributed by atoms with E-state index in [-0.39, 0.29) is 11.9 Å². The number of nitrogens with zero attached hydrogens (tertiary/aromatic N) is 4. The zero-order chi connectivity index (χ0) is 25.1. The monoisotopic (exact) mass is 517 g/mol. The first-order valence-corrected chi connectivity index (χ1v) is 13.5. The van der Waals surface area contributed by atoms with Crippen molar-refractivity contribution in [2.45, 2.75) is 52.0 Å². The van der Waals surface area contributed by atoms with Gasteiger partial charge in [-0.1, -0.05) is 55.3 Å². The van der Waals surface area contributed by atoms with Crippen LogP contribution in [0.4, 0.5) is 5.69 Å². The molecule has 1 aliphatic rings. The third kappa shape index (κ3) is 5.13. The van der Waals surface area contributed by atoms with E-state index in [1.165, 1.54) is 4.88 Å². The third-order valence-electron chi connectivity index (χ3n) is 6.31. The Bertz CT molecular complexity index is 1390. The number of amides is 1. The molecule has 1 atom stereocenters. The Balaban J connectivity index is 1.39. The van der Waals surface area contributed by atoms with Crippen LogP contribution in [0.5, 0.6) is 0 Å². The fourth-order valence-electron chi connectivity index (χ4n) is 4.47. The molecule has 0 fully saturated rings. The highest BCUT2D eigenvalue weighted by Crippen LogP contribution is 2.38. The molecule has 6 nitrogen and oxygen atoms in total. The number of anilines is 1. The number of aliphatic imine (C=N–C) groups is 1. The molecule has 1 N–H and O–H groups in total. The number of aromatic nitrogens is 3. The molecular weight excluding hydrogens is 490 g/mol. The van der Waals surface area contributed by atoms with Crippen molar-refractivity contribution >= 4 is 40.2 Å². The van der Waals surface area contributed by atoms with E-state index in [2.05, 4.69) is 33.1 Å². The van der Waals surface area contributed by atoms with Gasteiger partial charge >= 0.3 is 0 Å². The van der Waals surface area contributed by atoms with Crippen LogP contribution in [0.1, 0.15) is 66.3 Å². The van der Waals surface area contributed by atoms with Crippen LogP contribution in [0.3, 0.4) is 0 Å². The van der Waals surface area contributed by atoms with Gasteiger partial charge in [-0.25, -0.2) is 0 Å². The minimum Gasteiger partial charge on any atom is -0.326 e. The van der Waals surface area contributed by atoms with Crippen molar-refractivity contribution in [1.82, 2.24) is 14.8 Å². The highest BCUT2D eigenvalue weighted by Gasteiger charge is 2.29. The lowest BCUT2D eigenvalue weighted by Crippen LogP contribution is -2.11. The molecule has 0 radical (unpaired) electrons. The zero-order valence-corrected chi connectivity index (χ0v) is 21.9. The average molecular weight is 518 g/mol. The first-order chi connectivity index (χ1) is 17.5. The number of rotatable bonds is 8. The van der Waals surface area contributed by atoms with Gasteiger partial charge in [0, 0.05) is 33.1 Å². The van der Waals surface area contributed by atoms with Gasteiger partial charge in [-0.3, -0.25) is 14.4 Å². The molecular formula is C28H28ClN5OS. The molecule has 3 heterocycles. The predicted molar refractivity (Wildman–Crippen MR) is 147 cm³/mol. The van der Waals surface area contributed by atoms with E-state index in [4.69, 9.17) is 16.6 Å². The first kappa shape index (κ1) is 24.4. The number of aryl methyl sites for hydroxylation is 2. The second-order valence-corrected chi connectivity index (χ2v) is 10.4. The predicted octanol–water partition coefficient (Wildman–Crippen LogP) is 6.94. The number of hydrogen-bond acceptors (Lipinski definition) is 5. The topological polar surface area (TPSA) is 72.2 Å². The molecule has 184 valence electrons. The summed E-state index contributed by atoms with van der Waals surface area (Å²) in [5.41, 5.74) is 3.91. The number of benzene rings is 2. The maximum atomic E-state index is 12.4. The fraction of sp³-hybridized carbons (Fsp3) is 0.286. The number of fused-ring (bicyclic) bond motifs is 3. The minimum absolute atomic E-state index is 0.0284. The summed E-state index contributed by atoms with van der Waals surface area (Å²) >= 11 is 7.95.